The Hall–Kier alpha value is -2.64. The summed E-state index contributed by atoms with van der Waals surface area (Å²) in [4.78, 5) is 25.0. The number of carboxylic acid groups (broad SMARTS) is 1. The first-order valence-electron chi connectivity index (χ1n) is 8.44. The van der Waals surface area contributed by atoms with E-state index in [1.54, 1.807) is 11.0 Å². The number of aryl methyl sites for hydroxylation is 1. The molecule has 0 fully saturated rings. The number of fused-ring (bicyclic) bond motifs is 1. The van der Waals surface area contributed by atoms with E-state index in [2.05, 4.69) is 24.1 Å². The predicted molar refractivity (Wildman–Crippen MR) is 88.0 cm³/mol. The highest BCUT2D eigenvalue weighted by atomic mass is 16.5. The first-order valence-corrected chi connectivity index (χ1v) is 8.44. The number of nitrogens with zero attached hydrogens (tertiary/aromatic N) is 4. The molecule has 0 radical (unpaired) electrons. The number of carboxylic acids is 1. The van der Waals surface area contributed by atoms with Crippen molar-refractivity contribution in [1.29, 1.82) is 0 Å². The van der Waals surface area contributed by atoms with E-state index in [-0.39, 0.29) is 12.3 Å². The topological polar surface area (TPSA) is 101 Å². The van der Waals surface area contributed by atoms with Crippen molar-refractivity contribution >= 4 is 11.9 Å². The molecule has 3 heterocycles. The second-order valence-corrected chi connectivity index (χ2v) is 6.75. The van der Waals surface area contributed by atoms with E-state index in [1.807, 2.05) is 10.7 Å². The number of carbonyl (C=O) groups excluding carboxylic acids is 1. The van der Waals surface area contributed by atoms with E-state index < -0.39 is 5.97 Å². The standard InChI is InChI=1S/C17H22N4O4/c1-11(2)7-14-9-15(19-25-14)17(24)20-5-6-21-13(10-20)8-12(18-21)3-4-16(22)23/h8-9,11H,3-7,10H2,1-2H3,(H,22,23). The van der Waals surface area contributed by atoms with Crippen LogP contribution >= 0.6 is 0 Å². The van der Waals surface area contributed by atoms with Crippen molar-refractivity contribution in [3.63, 3.8) is 0 Å². The Labute approximate surface area is 145 Å². The highest BCUT2D eigenvalue weighted by Crippen LogP contribution is 2.18. The molecule has 3 rings (SSSR count). The van der Waals surface area contributed by atoms with Gasteiger partial charge in [0.1, 0.15) is 5.76 Å². The van der Waals surface area contributed by atoms with Crippen molar-refractivity contribution < 1.29 is 19.2 Å². The zero-order valence-corrected chi connectivity index (χ0v) is 14.4. The predicted octanol–water partition coefficient (Wildman–Crippen LogP) is 1.74. The molecule has 0 bridgehead atoms. The summed E-state index contributed by atoms with van der Waals surface area (Å²) in [6.45, 7) is 5.73. The first kappa shape index (κ1) is 17.2. The normalized spacial score (nSPS) is 14.0. The number of carbonyl (C=O) groups is 2. The monoisotopic (exact) mass is 346 g/mol. The number of rotatable bonds is 6. The van der Waals surface area contributed by atoms with Crippen LogP contribution in [0.15, 0.2) is 16.7 Å². The van der Waals surface area contributed by atoms with Gasteiger partial charge in [-0.3, -0.25) is 14.3 Å². The van der Waals surface area contributed by atoms with Crippen LogP contribution in [0.25, 0.3) is 0 Å². The molecule has 0 saturated heterocycles. The van der Waals surface area contributed by atoms with Crippen LogP contribution in [0.1, 0.15) is 47.9 Å². The van der Waals surface area contributed by atoms with Gasteiger partial charge in [-0.05, 0) is 12.0 Å². The summed E-state index contributed by atoms with van der Waals surface area (Å²) in [5.74, 6) is 0.158. The van der Waals surface area contributed by atoms with E-state index in [0.29, 0.717) is 37.7 Å². The second-order valence-electron chi connectivity index (χ2n) is 6.75. The molecule has 1 aliphatic heterocycles. The Bertz CT molecular complexity index is 777. The second kappa shape index (κ2) is 7.08. The van der Waals surface area contributed by atoms with Crippen molar-refractivity contribution in [3.8, 4) is 0 Å². The molecule has 2 aromatic heterocycles. The molecule has 0 saturated carbocycles. The zero-order valence-electron chi connectivity index (χ0n) is 14.4. The fraction of sp³-hybridized carbons (Fsp3) is 0.529. The minimum Gasteiger partial charge on any atom is -0.481 e. The molecule has 0 aromatic carbocycles. The number of amides is 1. The van der Waals surface area contributed by atoms with E-state index in [9.17, 15) is 9.59 Å². The molecular formula is C17H22N4O4. The van der Waals surface area contributed by atoms with Crippen molar-refractivity contribution in [3.05, 3.63) is 35.0 Å². The van der Waals surface area contributed by atoms with E-state index in [0.717, 1.165) is 23.6 Å². The quantitative estimate of drug-likeness (QED) is 0.855. The lowest BCUT2D eigenvalue weighted by atomic mass is 10.1. The van der Waals surface area contributed by atoms with Crippen LogP contribution in [0.3, 0.4) is 0 Å². The van der Waals surface area contributed by atoms with Gasteiger partial charge in [0.2, 0.25) is 0 Å². The van der Waals surface area contributed by atoms with Crippen molar-refractivity contribution in [2.75, 3.05) is 6.54 Å². The molecule has 0 unspecified atom stereocenters. The summed E-state index contributed by atoms with van der Waals surface area (Å²) >= 11 is 0. The van der Waals surface area contributed by atoms with E-state index in [4.69, 9.17) is 9.63 Å². The SMILES string of the molecule is CC(C)Cc1cc(C(=O)N2CCn3nc(CCC(=O)O)cc3C2)no1. The maximum atomic E-state index is 12.6. The molecule has 0 atom stereocenters. The third kappa shape index (κ3) is 4.07. The summed E-state index contributed by atoms with van der Waals surface area (Å²) in [5, 5.41) is 17.1. The summed E-state index contributed by atoms with van der Waals surface area (Å²) in [7, 11) is 0. The van der Waals surface area contributed by atoms with Gasteiger partial charge in [0.05, 0.1) is 30.9 Å². The van der Waals surface area contributed by atoms with Crippen molar-refractivity contribution in [2.45, 2.75) is 46.2 Å². The summed E-state index contributed by atoms with van der Waals surface area (Å²) in [6.07, 6.45) is 1.20. The molecule has 8 nitrogen and oxygen atoms in total. The maximum absolute atomic E-state index is 12.6. The molecule has 1 N–H and O–H groups in total. The van der Waals surface area contributed by atoms with Gasteiger partial charge >= 0.3 is 5.97 Å². The zero-order chi connectivity index (χ0) is 18.0. The minimum atomic E-state index is -0.842. The summed E-state index contributed by atoms with van der Waals surface area (Å²) in [6, 6.07) is 3.59. The molecule has 0 spiro atoms. The first-order chi connectivity index (χ1) is 11.9. The number of hydrogen-bond acceptors (Lipinski definition) is 5. The molecule has 8 heteroatoms. The van der Waals surface area contributed by atoms with Gasteiger partial charge < -0.3 is 14.5 Å². The van der Waals surface area contributed by atoms with Crippen molar-refractivity contribution in [1.82, 2.24) is 19.8 Å². The Balaban J connectivity index is 1.66. The lowest BCUT2D eigenvalue weighted by molar-refractivity contribution is -0.136. The lowest BCUT2D eigenvalue weighted by Crippen LogP contribution is -2.38. The molecule has 0 aliphatic carbocycles. The number of hydrogen-bond donors (Lipinski definition) is 1. The Morgan fingerprint density at radius 1 is 1.32 bits per heavy atom. The minimum absolute atomic E-state index is 0.0522. The fourth-order valence-corrected chi connectivity index (χ4v) is 2.93. The average Bonchev–Trinajstić information content (AvgIpc) is 3.17. The van der Waals surface area contributed by atoms with Gasteiger partial charge in [-0.15, -0.1) is 0 Å². The van der Waals surface area contributed by atoms with Crippen LogP contribution in [0.4, 0.5) is 0 Å². The highest BCUT2D eigenvalue weighted by Gasteiger charge is 2.25. The molecule has 1 amide bonds. The van der Waals surface area contributed by atoms with Gasteiger partial charge in [0.25, 0.3) is 5.91 Å². The van der Waals surface area contributed by atoms with Crippen LogP contribution in [-0.2, 0) is 30.7 Å². The molecule has 1 aliphatic rings. The van der Waals surface area contributed by atoms with E-state index >= 15 is 0 Å². The number of aliphatic carboxylic acids is 1. The average molecular weight is 346 g/mol. The van der Waals surface area contributed by atoms with Gasteiger partial charge in [0, 0.05) is 25.5 Å². The highest BCUT2D eigenvalue weighted by molar-refractivity contribution is 5.92. The molecule has 134 valence electrons. The van der Waals surface area contributed by atoms with Gasteiger partial charge in [-0.2, -0.15) is 5.10 Å². The van der Waals surface area contributed by atoms with Crippen LogP contribution in [-0.4, -0.2) is 43.4 Å². The third-order valence-electron chi connectivity index (χ3n) is 4.12. The summed E-state index contributed by atoms with van der Waals surface area (Å²) in [5.41, 5.74) is 1.98. The van der Waals surface area contributed by atoms with Crippen LogP contribution in [0.2, 0.25) is 0 Å². The number of aromatic nitrogens is 3. The van der Waals surface area contributed by atoms with Crippen LogP contribution < -0.4 is 0 Å². The van der Waals surface area contributed by atoms with Gasteiger partial charge in [0.15, 0.2) is 5.69 Å². The molecule has 2 aromatic rings. The fourth-order valence-electron chi connectivity index (χ4n) is 2.93. The van der Waals surface area contributed by atoms with Crippen LogP contribution in [0.5, 0.6) is 0 Å². The lowest BCUT2D eigenvalue weighted by Gasteiger charge is -2.26. The molecule has 25 heavy (non-hydrogen) atoms. The smallest absolute Gasteiger partial charge is 0.303 e. The van der Waals surface area contributed by atoms with E-state index in [1.165, 1.54) is 0 Å². The Morgan fingerprint density at radius 2 is 2.12 bits per heavy atom. The third-order valence-corrected chi connectivity index (χ3v) is 4.12. The van der Waals surface area contributed by atoms with Crippen LogP contribution in [0, 0.1) is 5.92 Å². The Kier molecular flexibility index (Phi) is 4.87. The summed E-state index contributed by atoms with van der Waals surface area (Å²) < 4.78 is 7.09. The Morgan fingerprint density at radius 3 is 2.84 bits per heavy atom. The molecular weight excluding hydrogens is 324 g/mol. The largest absolute Gasteiger partial charge is 0.481 e. The van der Waals surface area contributed by atoms with Gasteiger partial charge in [-0.25, -0.2) is 0 Å². The maximum Gasteiger partial charge on any atom is 0.303 e. The van der Waals surface area contributed by atoms with Gasteiger partial charge in [-0.1, -0.05) is 19.0 Å². The van der Waals surface area contributed by atoms with Crippen molar-refractivity contribution in [2.24, 2.45) is 5.92 Å².